The summed E-state index contributed by atoms with van der Waals surface area (Å²) in [6, 6.07) is 4.55. The van der Waals surface area contributed by atoms with Gasteiger partial charge in [-0.1, -0.05) is 12.2 Å². The second-order valence-corrected chi connectivity index (χ2v) is 4.53. The Hall–Kier alpha value is -2.15. The molecule has 0 fully saturated rings. The largest absolute Gasteiger partial charge is 0.389 e. The SMILES string of the molecule is Cc1ccc(C(N)=S)c(Nc2cc(F)cc(F)c2F)n1. The van der Waals surface area contributed by atoms with Crippen molar-refractivity contribution >= 4 is 28.7 Å². The molecule has 0 unspecified atom stereocenters. The first-order valence-electron chi connectivity index (χ1n) is 5.57. The van der Waals surface area contributed by atoms with E-state index in [1.807, 2.05) is 0 Å². The Bertz CT molecular complexity index is 689. The number of pyridine rings is 1. The summed E-state index contributed by atoms with van der Waals surface area (Å²) in [6.07, 6.45) is 0. The highest BCUT2D eigenvalue weighted by atomic mass is 32.1. The molecule has 1 aromatic carbocycles. The molecule has 0 aliphatic heterocycles. The summed E-state index contributed by atoms with van der Waals surface area (Å²) in [7, 11) is 0. The highest BCUT2D eigenvalue weighted by Crippen LogP contribution is 2.24. The molecule has 2 aromatic rings. The Morgan fingerprint density at radius 2 is 1.95 bits per heavy atom. The third-order valence-corrected chi connectivity index (χ3v) is 2.77. The Morgan fingerprint density at radius 3 is 2.60 bits per heavy atom. The van der Waals surface area contributed by atoms with E-state index in [-0.39, 0.29) is 16.5 Å². The summed E-state index contributed by atoms with van der Waals surface area (Å²) in [5.74, 6) is -3.27. The van der Waals surface area contributed by atoms with E-state index in [1.165, 1.54) is 0 Å². The highest BCUT2D eigenvalue weighted by molar-refractivity contribution is 7.80. The minimum atomic E-state index is -1.29. The maximum Gasteiger partial charge on any atom is 0.182 e. The van der Waals surface area contributed by atoms with Crippen LogP contribution in [-0.2, 0) is 0 Å². The molecule has 0 amide bonds. The van der Waals surface area contributed by atoms with Gasteiger partial charge < -0.3 is 11.1 Å². The maximum absolute atomic E-state index is 13.6. The van der Waals surface area contributed by atoms with Crippen molar-refractivity contribution in [3.8, 4) is 0 Å². The number of hydrogen-bond donors (Lipinski definition) is 2. The van der Waals surface area contributed by atoms with E-state index in [9.17, 15) is 13.2 Å². The molecule has 0 spiro atoms. The number of aromatic nitrogens is 1. The number of anilines is 2. The van der Waals surface area contributed by atoms with Gasteiger partial charge in [0.15, 0.2) is 11.6 Å². The van der Waals surface area contributed by atoms with Crippen LogP contribution in [0.5, 0.6) is 0 Å². The van der Waals surface area contributed by atoms with Crippen LogP contribution in [0.4, 0.5) is 24.7 Å². The lowest BCUT2D eigenvalue weighted by Gasteiger charge is -2.12. The van der Waals surface area contributed by atoms with Crippen LogP contribution in [0.3, 0.4) is 0 Å². The predicted octanol–water partition coefficient (Wildman–Crippen LogP) is 3.19. The van der Waals surface area contributed by atoms with Gasteiger partial charge in [-0.2, -0.15) is 0 Å². The van der Waals surface area contributed by atoms with Crippen LogP contribution in [-0.4, -0.2) is 9.97 Å². The summed E-state index contributed by atoms with van der Waals surface area (Å²) < 4.78 is 39.9. The fourth-order valence-corrected chi connectivity index (χ4v) is 1.79. The Morgan fingerprint density at radius 1 is 1.25 bits per heavy atom. The van der Waals surface area contributed by atoms with Crippen LogP contribution in [0.1, 0.15) is 11.3 Å². The molecule has 2 rings (SSSR count). The minimum absolute atomic E-state index is 0.0392. The number of rotatable bonds is 3. The van der Waals surface area contributed by atoms with E-state index in [4.69, 9.17) is 18.0 Å². The first-order valence-corrected chi connectivity index (χ1v) is 5.98. The fraction of sp³-hybridized carbons (Fsp3) is 0.0769. The smallest absolute Gasteiger partial charge is 0.182 e. The van der Waals surface area contributed by atoms with Gasteiger partial charge in [-0.25, -0.2) is 18.2 Å². The second-order valence-electron chi connectivity index (χ2n) is 4.09. The highest BCUT2D eigenvalue weighted by Gasteiger charge is 2.14. The quantitative estimate of drug-likeness (QED) is 0.675. The zero-order valence-electron chi connectivity index (χ0n) is 10.4. The van der Waals surface area contributed by atoms with E-state index in [1.54, 1.807) is 19.1 Å². The van der Waals surface area contributed by atoms with E-state index in [0.717, 1.165) is 6.07 Å². The number of benzene rings is 1. The summed E-state index contributed by atoms with van der Waals surface area (Å²) in [4.78, 5) is 4.14. The van der Waals surface area contributed by atoms with Crippen LogP contribution >= 0.6 is 12.2 Å². The van der Waals surface area contributed by atoms with Crippen LogP contribution in [0.15, 0.2) is 24.3 Å². The molecule has 0 saturated carbocycles. The molecule has 0 atom stereocenters. The number of halogens is 3. The number of nitrogens with two attached hydrogens (primary N) is 1. The average Bonchev–Trinajstić information content (AvgIpc) is 2.35. The summed E-state index contributed by atoms with van der Waals surface area (Å²) in [6.45, 7) is 1.71. The molecule has 0 aliphatic rings. The molecule has 0 radical (unpaired) electrons. The number of aryl methyl sites for hydroxylation is 1. The number of hydrogen-bond acceptors (Lipinski definition) is 3. The van der Waals surface area contributed by atoms with Gasteiger partial charge >= 0.3 is 0 Å². The lowest BCUT2D eigenvalue weighted by molar-refractivity contribution is 0.498. The first-order chi connectivity index (χ1) is 9.38. The van der Waals surface area contributed by atoms with Gasteiger partial charge in [0, 0.05) is 17.8 Å². The zero-order chi connectivity index (χ0) is 14.9. The molecule has 7 heteroatoms. The maximum atomic E-state index is 13.6. The van der Waals surface area contributed by atoms with Gasteiger partial charge in [-0.15, -0.1) is 0 Å². The van der Waals surface area contributed by atoms with Crippen molar-refractivity contribution in [1.29, 1.82) is 0 Å². The number of thiocarbonyl (C=S) groups is 1. The van der Waals surface area contributed by atoms with Crippen LogP contribution in [0.25, 0.3) is 0 Å². The Kier molecular flexibility index (Phi) is 3.89. The van der Waals surface area contributed by atoms with Gasteiger partial charge in [0.1, 0.15) is 16.6 Å². The van der Waals surface area contributed by atoms with Gasteiger partial charge in [0.05, 0.1) is 11.3 Å². The van der Waals surface area contributed by atoms with Crippen molar-refractivity contribution in [2.75, 3.05) is 5.32 Å². The molecular formula is C13H10F3N3S. The monoisotopic (exact) mass is 297 g/mol. The van der Waals surface area contributed by atoms with E-state index in [2.05, 4.69) is 10.3 Å². The van der Waals surface area contributed by atoms with Gasteiger partial charge in [-0.3, -0.25) is 0 Å². The Labute approximate surface area is 118 Å². The van der Waals surface area contributed by atoms with Gasteiger partial charge in [-0.05, 0) is 19.1 Å². The normalized spacial score (nSPS) is 10.4. The third kappa shape index (κ3) is 2.88. The van der Waals surface area contributed by atoms with Crippen molar-refractivity contribution in [3.05, 3.63) is 53.0 Å². The van der Waals surface area contributed by atoms with Crippen molar-refractivity contribution in [3.63, 3.8) is 0 Å². The van der Waals surface area contributed by atoms with Crippen molar-refractivity contribution in [2.45, 2.75) is 6.92 Å². The lowest BCUT2D eigenvalue weighted by Crippen LogP contribution is -2.14. The second kappa shape index (κ2) is 5.46. The summed E-state index contributed by atoms with van der Waals surface area (Å²) in [5.41, 5.74) is 6.12. The van der Waals surface area contributed by atoms with Crippen LogP contribution in [0.2, 0.25) is 0 Å². The minimum Gasteiger partial charge on any atom is -0.389 e. The van der Waals surface area contributed by atoms with E-state index < -0.39 is 17.5 Å². The molecule has 3 N–H and O–H groups in total. The molecule has 0 aliphatic carbocycles. The lowest BCUT2D eigenvalue weighted by atomic mass is 10.2. The van der Waals surface area contributed by atoms with E-state index >= 15 is 0 Å². The molecule has 3 nitrogen and oxygen atoms in total. The molecule has 20 heavy (non-hydrogen) atoms. The molecule has 0 saturated heterocycles. The molecule has 1 aromatic heterocycles. The Balaban J connectivity index is 2.50. The van der Waals surface area contributed by atoms with Gasteiger partial charge in [0.2, 0.25) is 0 Å². The van der Waals surface area contributed by atoms with E-state index in [0.29, 0.717) is 17.3 Å². The zero-order valence-corrected chi connectivity index (χ0v) is 11.2. The first kappa shape index (κ1) is 14.3. The topological polar surface area (TPSA) is 50.9 Å². The summed E-state index contributed by atoms with van der Waals surface area (Å²) in [5, 5.41) is 2.51. The standard InChI is InChI=1S/C13H10F3N3S/c1-6-2-3-8(12(17)20)13(18-6)19-10-5-7(14)4-9(15)11(10)16/h2-5H,1H3,(H2,17,20)(H,18,19). The van der Waals surface area contributed by atoms with Crippen LogP contribution < -0.4 is 11.1 Å². The predicted molar refractivity (Wildman–Crippen MR) is 74.5 cm³/mol. The van der Waals surface area contributed by atoms with Crippen molar-refractivity contribution in [1.82, 2.24) is 4.98 Å². The molecule has 104 valence electrons. The molecule has 0 bridgehead atoms. The third-order valence-electron chi connectivity index (χ3n) is 2.55. The average molecular weight is 297 g/mol. The van der Waals surface area contributed by atoms with Gasteiger partial charge in [0.25, 0.3) is 0 Å². The van der Waals surface area contributed by atoms with Crippen molar-refractivity contribution in [2.24, 2.45) is 5.73 Å². The number of nitrogens with zero attached hydrogens (tertiary/aromatic N) is 1. The van der Waals surface area contributed by atoms with Crippen molar-refractivity contribution < 1.29 is 13.2 Å². The summed E-state index contributed by atoms with van der Waals surface area (Å²) >= 11 is 4.85. The molecule has 1 heterocycles. The fourth-order valence-electron chi connectivity index (χ4n) is 1.63. The molecular weight excluding hydrogens is 287 g/mol. The van der Waals surface area contributed by atoms with Crippen LogP contribution in [0, 0.1) is 24.4 Å². The number of nitrogens with one attached hydrogen (secondary N) is 1.